The number of hydrogen-bond donors (Lipinski definition) is 1. The molecule has 0 heterocycles. The van der Waals surface area contributed by atoms with Crippen LogP contribution in [-0.2, 0) is 0 Å². The number of carbonyl (C=O) groups excluding carboxylic acids is 1. The number of aryl methyl sites for hydroxylation is 1. The monoisotopic (exact) mass is 276 g/mol. The fraction of sp³-hybridized carbons (Fsp3) is 0.588. The number of nitrogens with one attached hydrogen (secondary N) is 1. The first-order valence-corrected chi connectivity index (χ1v) is 7.48. The molecule has 0 fully saturated rings. The van der Waals surface area contributed by atoms with Crippen molar-refractivity contribution in [1.29, 1.82) is 0 Å². The fourth-order valence-electron chi connectivity index (χ4n) is 2.43. The molecule has 0 bridgehead atoms. The van der Waals surface area contributed by atoms with Crippen molar-refractivity contribution in [3.05, 3.63) is 29.3 Å². The van der Waals surface area contributed by atoms with Crippen molar-refractivity contribution in [2.45, 2.75) is 47.1 Å². The zero-order chi connectivity index (χ0) is 15.3. The largest absolute Gasteiger partial charge is 0.385 e. The number of carbonyl (C=O) groups is 1. The van der Waals surface area contributed by atoms with Crippen LogP contribution in [0.1, 0.15) is 50.0 Å². The summed E-state index contributed by atoms with van der Waals surface area (Å²) < 4.78 is 0. The zero-order valence-corrected chi connectivity index (χ0v) is 13.7. The molecule has 0 saturated carbocycles. The van der Waals surface area contributed by atoms with Crippen LogP contribution < -0.4 is 5.32 Å². The van der Waals surface area contributed by atoms with Crippen LogP contribution in [0.3, 0.4) is 0 Å². The summed E-state index contributed by atoms with van der Waals surface area (Å²) in [5.41, 5.74) is 2.98. The first-order valence-electron chi connectivity index (χ1n) is 7.48. The molecular formula is C17H28N2O. The van der Waals surface area contributed by atoms with Crippen LogP contribution in [0.2, 0.25) is 0 Å². The number of rotatable bonds is 6. The third kappa shape index (κ3) is 4.26. The van der Waals surface area contributed by atoms with Gasteiger partial charge in [0.1, 0.15) is 0 Å². The Morgan fingerprint density at radius 2 is 1.95 bits per heavy atom. The second-order valence-electron chi connectivity index (χ2n) is 5.95. The predicted octanol–water partition coefficient (Wildman–Crippen LogP) is 3.93. The average Bonchev–Trinajstić information content (AvgIpc) is 2.38. The first-order chi connectivity index (χ1) is 9.36. The van der Waals surface area contributed by atoms with Crippen molar-refractivity contribution in [3.63, 3.8) is 0 Å². The van der Waals surface area contributed by atoms with Crippen LogP contribution in [0.4, 0.5) is 5.69 Å². The van der Waals surface area contributed by atoms with E-state index in [-0.39, 0.29) is 11.9 Å². The molecule has 1 atom stereocenters. The van der Waals surface area contributed by atoms with Crippen molar-refractivity contribution in [2.75, 3.05) is 18.9 Å². The molecular weight excluding hydrogens is 248 g/mol. The highest BCUT2D eigenvalue weighted by molar-refractivity contribution is 5.95. The highest BCUT2D eigenvalue weighted by atomic mass is 16.2. The second-order valence-corrected chi connectivity index (χ2v) is 5.95. The molecule has 0 radical (unpaired) electrons. The predicted molar refractivity (Wildman–Crippen MR) is 86.4 cm³/mol. The molecule has 0 spiro atoms. The lowest BCUT2D eigenvalue weighted by molar-refractivity contribution is 0.0728. The lowest BCUT2D eigenvalue weighted by atomic mass is 10.0. The summed E-state index contributed by atoms with van der Waals surface area (Å²) in [6.07, 6.45) is 1.02. The third-order valence-corrected chi connectivity index (χ3v) is 3.63. The maximum Gasteiger partial charge on any atom is 0.253 e. The molecule has 1 rings (SSSR count). The van der Waals surface area contributed by atoms with Gasteiger partial charge in [0.05, 0.1) is 0 Å². The van der Waals surface area contributed by atoms with Crippen LogP contribution in [0.15, 0.2) is 18.2 Å². The quantitative estimate of drug-likeness (QED) is 0.853. The Labute approximate surface area is 123 Å². The highest BCUT2D eigenvalue weighted by Gasteiger charge is 2.18. The summed E-state index contributed by atoms with van der Waals surface area (Å²) in [4.78, 5) is 14.3. The van der Waals surface area contributed by atoms with E-state index in [4.69, 9.17) is 0 Å². The third-order valence-electron chi connectivity index (χ3n) is 3.63. The van der Waals surface area contributed by atoms with Gasteiger partial charge in [0.25, 0.3) is 5.91 Å². The molecule has 3 nitrogen and oxygen atoms in total. The Hall–Kier alpha value is -1.51. The van der Waals surface area contributed by atoms with Crippen molar-refractivity contribution in [1.82, 2.24) is 4.90 Å². The topological polar surface area (TPSA) is 32.3 Å². The lowest BCUT2D eigenvalue weighted by Crippen LogP contribution is -2.35. The highest BCUT2D eigenvalue weighted by Crippen LogP contribution is 2.19. The average molecular weight is 276 g/mol. The molecule has 1 aromatic rings. The van der Waals surface area contributed by atoms with Gasteiger partial charge in [-0.05, 0) is 56.9 Å². The Balaban J connectivity index is 2.84. The lowest BCUT2D eigenvalue weighted by Gasteiger charge is -2.26. The maximum absolute atomic E-state index is 12.5. The van der Waals surface area contributed by atoms with E-state index in [0.717, 1.165) is 29.8 Å². The van der Waals surface area contributed by atoms with E-state index in [0.29, 0.717) is 5.92 Å². The van der Waals surface area contributed by atoms with Gasteiger partial charge < -0.3 is 10.2 Å². The molecule has 0 saturated heterocycles. The second kappa shape index (κ2) is 7.32. The molecule has 1 amide bonds. The van der Waals surface area contributed by atoms with Gasteiger partial charge in [0, 0.05) is 30.9 Å². The Bertz CT molecular complexity index is 454. The van der Waals surface area contributed by atoms with E-state index in [1.807, 2.05) is 37.1 Å². The molecule has 112 valence electrons. The van der Waals surface area contributed by atoms with Gasteiger partial charge in [-0.2, -0.15) is 0 Å². The van der Waals surface area contributed by atoms with E-state index in [2.05, 4.69) is 33.0 Å². The summed E-state index contributed by atoms with van der Waals surface area (Å²) in [6, 6.07) is 6.13. The number of amides is 1. The molecule has 1 N–H and O–H groups in total. The molecule has 0 aliphatic rings. The number of benzene rings is 1. The van der Waals surface area contributed by atoms with Crippen LogP contribution in [0.25, 0.3) is 0 Å². The minimum absolute atomic E-state index is 0.101. The van der Waals surface area contributed by atoms with E-state index in [9.17, 15) is 4.79 Å². The van der Waals surface area contributed by atoms with Gasteiger partial charge in [-0.3, -0.25) is 4.79 Å². The van der Waals surface area contributed by atoms with Gasteiger partial charge in [-0.25, -0.2) is 0 Å². The van der Waals surface area contributed by atoms with Crippen LogP contribution >= 0.6 is 0 Å². The van der Waals surface area contributed by atoms with Crippen molar-refractivity contribution in [3.8, 4) is 0 Å². The molecule has 0 aliphatic heterocycles. The summed E-state index contributed by atoms with van der Waals surface area (Å²) in [6.45, 7) is 11.5. The van der Waals surface area contributed by atoms with E-state index >= 15 is 0 Å². The molecule has 3 heteroatoms. The Kier molecular flexibility index (Phi) is 6.05. The van der Waals surface area contributed by atoms with Crippen molar-refractivity contribution in [2.24, 2.45) is 5.92 Å². The molecule has 0 aliphatic carbocycles. The fourth-order valence-corrected chi connectivity index (χ4v) is 2.43. The van der Waals surface area contributed by atoms with Gasteiger partial charge in [0.15, 0.2) is 0 Å². The molecule has 20 heavy (non-hydrogen) atoms. The standard InChI is InChI=1S/C17H28N2O/c1-7-18-16-9-8-15(11-13(16)4)17(20)19(6)14(5)10-12(2)3/h8-9,11-12,14,18H,7,10H2,1-6H3. The van der Waals surface area contributed by atoms with Crippen molar-refractivity contribution < 1.29 is 4.79 Å². The van der Waals surface area contributed by atoms with Crippen LogP contribution in [0, 0.1) is 12.8 Å². The first kappa shape index (κ1) is 16.5. The molecule has 0 aromatic heterocycles. The summed E-state index contributed by atoms with van der Waals surface area (Å²) in [7, 11) is 1.89. The molecule has 1 unspecified atom stereocenters. The van der Waals surface area contributed by atoms with Gasteiger partial charge in [-0.15, -0.1) is 0 Å². The van der Waals surface area contributed by atoms with Crippen molar-refractivity contribution >= 4 is 11.6 Å². The summed E-state index contributed by atoms with van der Waals surface area (Å²) in [5.74, 6) is 0.697. The number of nitrogens with zero attached hydrogens (tertiary/aromatic N) is 1. The zero-order valence-electron chi connectivity index (χ0n) is 13.7. The van der Waals surface area contributed by atoms with Gasteiger partial charge >= 0.3 is 0 Å². The smallest absolute Gasteiger partial charge is 0.253 e. The minimum Gasteiger partial charge on any atom is -0.385 e. The maximum atomic E-state index is 12.5. The Morgan fingerprint density at radius 3 is 2.45 bits per heavy atom. The molecule has 1 aromatic carbocycles. The van der Waals surface area contributed by atoms with Crippen LogP contribution in [0.5, 0.6) is 0 Å². The summed E-state index contributed by atoms with van der Waals surface area (Å²) in [5, 5.41) is 3.30. The minimum atomic E-state index is 0.101. The number of hydrogen-bond acceptors (Lipinski definition) is 2. The normalized spacial score (nSPS) is 12.3. The SMILES string of the molecule is CCNc1ccc(C(=O)N(C)C(C)CC(C)C)cc1C. The van der Waals surface area contributed by atoms with E-state index < -0.39 is 0 Å². The van der Waals surface area contributed by atoms with Gasteiger partial charge in [-0.1, -0.05) is 13.8 Å². The van der Waals surface area contributed by atoms with E-state index in [1.165, 1.54) is 0 Å². The van der Waals surface area contributed by atoms with Crippen LogP contribution in [-0.4, -0.2) is 30.4 Å². The van der Waals surface area contributed by atoms with E-state index in [1.54, 1.807) is 0 Å². The van der Waals surface area contributed by atoms with Gasteiger partial charge in [0.2, 0.25) is 0 Å². The Morgan fingerprint density at radius 1 is 1.30 bits per heavy atom. The number of anilines is 1. The summed E-state index contributed by atoms with van der Waals surface area (Å²) >= 11 is 0.